The number of methoxy groups -OCH3 is 1. The molecule has 0 spiro atoms. The number of hydrogen-bond donors (Lipinski definition) is 2. The average molecular weight is 223 g/mol. The molecule has 3 N–H and O–H groups in total. The summed E-state index contributed by atoms with van der Waals surface area (Å²) in [7, 11) is 1.31. The first-order chi connectivity index (χ1) is 7.54. The maximum absolute atomic E-state index is 11.1. The van der Waals surface area contributed by atoms with E-state index >= 15 is 0 Å². The zero-order chi connectivity index (χ0) is 12.1. The van der Waals surface area contributed by atoms with Crippen molar-refractivity contribution in [3.63, 3.8) is 0 Å². The van der Waals surface area contributed by atoms with Crippen molar-refractivity contribution in [3.05, 3.63) is 24.0 Å². The number of carbonyl (C=O) groups is 2. The Balaban J connectivity index is 2.78. The Bertz CT molecular complexity index is 406. The molecule has 0 saturated carbocycles. The molecule has 0 bridgehead atoms. The summed E-state index contributed by atoms with van der Waals surface area (Å²) in [6, 6.07) is 2.60. The van der Waals surface area contributed by atoms with Gasteiger partial charge in [0.05, 0.1) is 7.11 Å². The molecule has 1 amide bonds. The van der Waals surface area contributed by atoms with E-state index in [9.17, 15) is 9.59 Å². The van der Waals surface area contributed by atoms with Crippen LogP contribution in [0.3, 0.4) is 0 Å². The molecule has 0 aliphatic carbocycles. The first kappa shape index (κ1) is 12.0. The molecule has 1 rings (SSSR count). The molecule has 1 aromatic rings. The van der Waals surface area contributed by atoms with Crippen LogP contribution in [0.5, 0.6) is 0 Å². The lowest BCUT2D eigenvalue weighted by Crippen LogP contribution is -2.27. The first-order valence-electron chi connectivity index (χ1n) is 4.65. The Morgan fingerprint density at radius 2 is 2.25 bits per heavy atom. The zero-order valence-corrected chi connectivity index (χ0v) is 9.06. The molecular weight excluding hydrogens is 210 g/mol. The van der Waals surface area contributed by atoms with Crippen molar-refractivity contribution in [1.29, 1.82) is 0 Å². The van der Waals surface area contributed by atoms with E-state index in [1.165, 1.54) is 19.4 Å². The lowest BCUT2D eigenvalue weighted by molar-refractivity contribution is -0.141. The Labute approximate surface area is 92.8 Å². The number of hydrogen-bond acceptors (Lipinski definition) is 5. The van der Waals surface area contributed by atoms with Gasteiger partial charge in [-0.15, -0.1) is 0 Å². The number of anilines is 1. The molecule has 0 radical (unpaired) electrons. The van der Waals surface area contributed by atoms with Crippen LogP contribution in [-0.2, 0) is 9.53 Å². The van der Waals surface area contributed by atoms with Crippen LogP contribution in [0.1, 0.15) is 17.4 Å². The van der Waals surface area contributed by atoms with Gasteiger partial charge in [-0.1, -0.05) is 0 Å². The fourth-order valence-corrected chi connectivity index (χ4v) is 1.14. The minimum atomic E-state index is -0.616. The van der Waals surface area contributed by atoms with E-state index in [1.54, 1.807) is 13.0 Å². The topological polar surface area (TPSA) is 94.3 Å². The molecule has 0 saturated heterocycles. The summed E-state index contributed by atoms with van der Waals surface area (Å²) in [5, 5.41) is 2.87. The fraction of sp³-hybridized carbons (Fsp3) is 0.300. The van der Waals surface area contributed by atoms with Crippen LogP contribution >= 0.6 is 0 Å². The third kappa shape index (κ3) is 2.94. The normalized spacial score (nSPS) is 11.6. The third-order valence-corrected chi connectivity index (χ3v) is 1.95. The van der Waals surface area contributed by atoms with E-state index in [1.807, 2.05) is 0 Å². The van der Waals surface area contributed by atoms with Crippen LogP contribution in [0, 0.1) is 0 Å². The highest BCUT2D eigenvalue weighted by Gasteiger charge is 2.13. The molecule has 0 aliphatic rings. The van der Waals surface area contributed by atoms with E-state index in [2.05, 4.69) is 15.0 Å². The van der Waals surface area contributed by atoms with Gasteiger partial charge in [0.15, 0.2) is 0 Å². The number of pyridine rings is 1. The molecule has 16 heavy (non-hydrogen) atoms. The number of rotatable bonds is 4. The van der Waals surface area contributed by atoms with E-state index in [-0.39, 0.29) is 5.69 Å². The number of nitrogens with zero attached hydrogens (tertiary/aromatic N) is 1. The van der Waals surface area contributed by atoms with Crippen molar-refractivity contribution in [3.8, 4) is 0 Å². The Kier molecular flexibility index (Phi) is 3.82. The summed E-state index contributed by atoms with van der Waals surface area (Å²) in [4.78, 5) is 25.8. The number of aromatic nitrogens is 1. The maximum atomic E-state index is 11.1. The van der Waals surface area contributed by atoms with Crippen LogP contribution in [0.2, 0.25) is 0 Å². The van der Waals surface area contributed by atoms with Gasteiger partial charge in [-0.05, 0) is 19.1 Å². The SMILES string of the molecule is COC(=O)C(C)Nc1ccnc(C(N)=O)c1. The molecule has 6 nitrogen and oxygen atoms in total. The molecule has 1 atom stereocenters. The highest BCUT2D eigenvalue weighted by Crippen LogP contribution is 2.09. The summed E-state index contributed by atoms with van der Waals surface area (Å²) in [6.07, 6.45) is 1.44. The van der Waals surface area contributed by atoms with Crippen molar-refractivity contribution in [2.24, 2.45) is 5.73 Å². The van der Waals surface area contributed by atoms with Gasteiger partial charge in [0.2, 0.25) is 0 Å². The van der Waals surface area contributed by atoms with Gasteiger partial charge >= 0.3 is 5.97 Å². The zero-order valence-electron chi connectivity index (χ0n) is 9.06. The van der Waals surface area contributed by atoms with Gasteiger partial charge < -0.3 is 15.8 Å². The quantitative estimate of drug-likeness (QED) is 0.709. The number of esters is 1. The van der Waals surface area contributed by atoms with Crippen molar-refractivity contribution in [2.75, 3.05) is 12.4 Å². The Morgan fingerprint density at radius 1 is 1.56 bits per heavy atom. The molecular formula is C10H13N3O3. The fourth-order valence-electron chi connectivity index (χ4n) is 1.14. The van der Waals surface area contributed by atoms with Gasteiger partial charge in [0.1, 0.15) is 11.7 Å². The van der Waals surface area contributed by atoms with Gasteiger partial charge in [-0.2, -0.15) is 0 Å². The highest BCUT2D eigenvalue weighted by molar-refractivity contribution is 5.91. The van der Waals surface area contributed by atoms with Crippen molar-refractivity contribution >= 4 is 17.6 Å². The maximum Gasteiger partial charge on any atom is 0.327 e. The summed E-state index contributed by atoms with van der Waals surface area (Å²) in [5.41, 5.74) is 5.80. The standard InChI is InChI=1S/C10H13N3O3/c1-6(10(15)16-2)13-7-3-4-12-8(5-7)9(11)14/h3-6H,1-2H3,(H2,11,14)(H,12,13). The number of carbonyl (C=O) groups excluding carboxylic acids is 2. The minimum absolute atomic E-state index is 0.141. The Morgan fingerprint density at radius 3 is 2.81 bits per heavy atom. The van der Waals surface area contributed by atoms with E-state index in [0.29, 0.717) is 5.69 Å². The summed E-state index contributed by atoms with van der Waals surface area (Å²) < 4.78 is 4.55. The van der Waals surface area contributed by atoms with Crippen LogP contribution in [0.25, 0.3) is 0 Å². The largest absolute Gasteiger partial charge is 0.467 e. The predicted molar refractivity (Wildman–Crippen MR) is 57.9 cm³/mol. The summed E-state index contributed by atoms with van der Waals surface area (Å²) in [5.74, 6) is -1.01. The number of nitrogens with one attached hydrogen (secondary N) is 1. The molecule has 0 fully saturated rings. The Hall–Kier alpha value is -2.11. The van der Waals surface area contributed by atoms with Crippen molar-refractivity contribution < 1.29 is 14.3 Å². The molecule has 86 valence electrons. The van der Waals surface area contributed by atoms with Gasteiger partial charge in [-0.3, -0.25) is 9.78 Å². The number of ether oxygens (including phenoxy) is 1. The first-order valence-corrected chi connectivity index (χ1v) is 4.65. The second-order valence-electron chi connectivity index (χ2n) is 3.18. The van der Waals surface area contributed by atoms with E-state index in [4.69, 9.17) is 5.73 Å². The lowest BCUT2D eigenvalue weighted by atomic mass is 10.2. The minimum Gasteiger partial charge on any atom is -0.467 e. The average Bonchev–Trinajstić information content (AvgIpc) is 2.28. The lowest BCUT2D eigenvalue weighted by Gasteiger charge is -2.12. The molecule has 0 aromatic carbocycles. The monoisotopic (exact) mass is 223 g/mol. The van der Waals surface area contributed by atoms with Crippen LogP contribution in [0.4, 0.5) is 5.69 Å². The van der Waals surface area contributed by atoms with Crippen LogP contribution < -0.4 is 11.1 Å². The second-order valence-corrected chi connectivity index (χ2v) is 3.18. The number of primary amides is 1. The molecule has 6 heteroatoms. The van der Waals surface area contributed by atoms with Crippen molar-refractivity contribution in [2.45, 2.75) is 13.0 Å². The van der Waals surface area contributed by atoms with Gasteiger partial charge in [0, 0.05) is 11.9 Å². The van der Waals surface area contributed by atoms with Gasteiger partial charge in [-0.25, -0.2) is 4.79 Å². The summed E-state index contributed by atoms with van der Waals surface area (Å²) >= 11 is 0. The summed E-state index contributed by atoms with van der Waals surface area (Å²) in [6.45, 7) is 1.65. The molecule has 0 aliphatic heterocycles. The van der Waals surface area contributed by atoms with E-state index < -0.39 is 17.9 Å². The highest BCUT2D eigenvalue weighted by atomic mass is 16.5. The third-order valence-electron chi connectivity index (χ3n) is 1.95. The van der Waals surface area contributed by atoms with E-state index in [0.717, 1.165) is 0 Å². The molecule has 1 aromatic heterocycles. The van der Waals surface area contributed by atoms with Crippen LogP contribution in [0.15, 0.2) is 18.3 Å². The van der Waals surface area contributed by atoms with Crippen molar-refractivity contribution in [1.82, 2.24) is 4.98 Å². The second kappa shape index (κ2) is 5.11. The van der Waals surface area contributed by atoms with Gasteiger partial charge in [0.25, 0.3) is 5.91 Å². The molecule has 1 heterocycles. The van der Waals surface area contributed by atoms with Crippen LogP contribution in [-0.4, -0.2) is 30.0 Å². The smallest absolute Gasteiger partial charge is 0.327 e. The number of amides is 1. The number of nitrogens with two attached hydrogens (primary N) is 1. The molecule has 1 unspecified atom stereocenters. The predicted octanol–water partition coefficient (Wildman–Crippen LogP) is 0.154.